The standard InChI is InChI=1S/C11H12O4/c1-8-11(2,15-10(12)14-8)6-5-9-4-3-7-13-9/h3-4,7H,1,5-6H2,2H3. The highest BCUT2D eigenvalue weighted by atomic mass is 16.8. The lowest BCUT2D eigenvalue weighted by Crippen LogP contribution is -2.26. The highest BCUT2D eigenvalue weighted by molar-refractivity contribution is 5.66. The molecule has 15 heavy (non-hydrogen) atoms. The van der Waals surface area contributed by atoms with Crippen LogP contribution >= 0.6 is 0 Å². The molecule has 4 heteroatoms. The van der Waals surface area contributed by atoms with Gasteiger partial charge in [0.2, 0.25) is 0 Å². The van der Waals surface area contributed by atoms with Crippen molar-refractivity contribution < 1.29 is 18.7 Å². The van der Waals surface area contributed by atoms with Crippen LogP contribution in [0.25, 0.3) is 0 Å². The summed E-state index contributed by atoms with van der Waals surface area (Å²) in [7, 11) is 0. The van der Waals surface area contributed by atoms with Crippen LogP contribution in [0.1, 0.15) is 19.1 Å². The Morgan fingerprint density at radius 3 is 2.87 bits per heavy atom. The quantitative estimate of drug-likeness (QED) is 0.716. The van der Waals surface area contributed by atoms with E-state index >= 15 is 0 Å². The normalized spacial score (nSPS) is 25.1. The molecular formula is C11H12O4. The Hall–Kier alpha value is -1.71. The number of ether oxygens (including phenoxy) is 2. The second-order valence-corrected chi connectivity index (χ2v) is 3.69. The van der Waals surface area contributed by atoms with E-state index in [1.54, 1.807) is 13.2 Å². The Bertz CT molecular complexity index is 379. The lowest BCUT2D eigenvalue weighted by Gasteiger charge is -2.19. The summed E-state index contributed by atoms with van der Waals surface area (Å²) in [5.41, 5.74) is -0.732. The first kappa shape index (κ1) is 9.83. The molecular weight excluding hydrogens is 196 g/mol. The maximum absolute atomic E-state index is 10.9. The molecule has 2 rings (SSSR count). The van der Waals surface area contributed by atoms with Crippen LogP contribution in [0.2, 0.25) is 0 Å². The monoisotopic (exact) mass is 208 g/mol. The molecule has 1 aliphatic heterocycles. The Morgan fingerprint density at radius 2 is 2.33 bits per heavy atom. The topological polar surface area (TPSA) is 48.7 Å². The van der Waals surface area contributed by atoms with E-state index in [0.29, 0.717) is 18.6 Å². The van der Waals surface area contributed by atoms with Crippen LogP contribution < -0.4 is 0 Å². The van der Waals surface area contributed by atoms with E-state index in [-0.39, 0.29) is 0 Å². The molecule has 1 unspecified atom stereocenters. The molecule has 0 bridgehead atoms. The highest BCUT2D eigenvalue weighted by Crippen LogP contribution is 2.33. The zero-order chi connectivity index (χ0) is 10.9. The molecule has 0 aliphatic carbocycles. The molecule has 0 radical (unpaired) electrons. The van der Waals surface area contributed by atoms with Crippen LogP contribution in [-0.2, 0) is 15.9 Å². The maximum Gasteiger partial charge on any atom is 0.514 e. The van der Waals surface area contributed by atoms with Crippen LogP contribution in [0.15, 0.2) is 35.2 Å². The van der Waals surface area contributed by atoms with Crippen LogP contribution in [0.4, 0.5) is 4.79 Å². The van der Waals surface area contributed by atoms with Crippen LogP contribution in [0, 0.1) is 0 Å². The summed E-state index contributed by atoms with van der Waals surface area (Å²) in [6, 6.07) is 3.70. The average molecular weight is 208 g/mol. The molecule has 0 spiro atoms. The van der Waals surface area contributed by atoms with Crippen molar-refractivity contribution in [3.05, 3.63) is 36.5 Å². The zero-order valence-electron chi connectivity index (χ0n) is 8.49. The lowest BCUT2D eigenvalue weighted by molar-refractivity contribution is 0.0708. The first-order valence-electron chi connectivity index (χ1n) is 4.73. The van der Waals surface area contributed by atoms with E-state index in [0.717, 1.165) is 5.76 Å². The number of rotatable bonds is 3. The fourth-order valence-electron chi connectivity index (χ4n) is 1.48. The second-order valence-electron chi connectivity index (χ2n) is 3.69. The number of aryl methyl sites for hydroxylation is 1. The molecule has 1 fully saturated rings. The van der Waals surface area contributed by atoms with Crippen molar-refractivity contribution >= 4 is 6.16 Å². The van der Waals surface area contributed by atoms with Crippen molar-refractivity contribution in [1.29, 1.82) is 0 Å². The predicted octanol–water partition coefficient (Wildman–Crippen LogP) is 2.65. The van der Waals surface area contributed by atoms with E-state index < -0.39 is 11.8 Å². The van der Waals surface area contributed by atoms with Gasteiger partial charge in [-0.2, -0.15) is 0 Å². The molecule has 4 nitrogen and oxygen atoms in total. The molecule has 1 saturated heterocycles. The summed E-state index contributed by atoms with van der Waals surface area (Å²) in [5, 5.41) is 0. The van der Waals surface area contributed by atoms with Gasteiger partial charge in [0.25, 0.3) is 0 Å². The molecule has 1 aliphatic rings. The summed E-state index contributed by atoms with van der Waals surface area (Å²) in [6.07, 6.45) is 2.22. The SMILES string of the molecule is C=C1OC(=O)OC1(C)CCc1ccco1. The van der Waals surface area contributed by atoms with Gasteiger partial charge in [0.05, 0.1) is 6.26 Å². The van der Waals surface area contributed by atoms with E-state index in [1.807, 2.05) is 12.1 Å². The highest BCUT2D eigenvalue weighted by Gasteiger charge is 2.41. The minimum absolute atomic E-state index is 0.360. The van der Waals surface area contributed by atoms with E-state index in [9.17, 15) is 4.79 Å². The van der Waals surface area contributed by atoms with Crippen molar-refractivity contribution in [2.24, 2.45) is 0 Å². The first-order chi connectivity index (χ1) is 7.10. The molecule has 0 N–H and O–H groups in total. The average Bonchev–Trinajstić information content (AvgIpc) is 2.73. The predicted molar refractivity (Wildman–Crippen MR) is 52.1 cm³/mol. The number of carbonyl (C=O) groups excluding carboxylic acids is 1. The third kappa shape index (κ3) is 1.88. The molecule has 1 atom stereocenters. The van der Waals surface area contributed by atoms with E-state index in [1.165, 1.54) is 0 Å². The lowest BCUT2D eigenvalue weighted by atomic mass is 9.98. The van der Waals surface area contributed by atoms with Crippen molar-refractivity contribution in [2.75, 3.05) is 0 Å². The summed E-state index contributed by atoms with van der Waals surface area (Å²) in [4.78, 5) is 10.9. The van der Waals surface area contributed by atoms with Crippen LogP contribution in [-0.4, -0.2) is 11.8 Å². The second kappa shape index (κ2) is 3.46. The Labute approximate surface area is 87.5 Å². The summed E-state index contributed by atoms with van der Waals surface area (Å²) in [6.45, 7) is 5.44. The van der Waals surface area contributed by atoms with Gasteiger partial charge in [-0.25, -0.2) is 4.79 Å². The third-order valence-corrected chi connectivity index (χ3v) is 2.53. The third-order valence-electron chi connectivity index (χ3n) is 2.53. The van der Waals surface area contributed by atoms with Crippen molar-refractivity contribution in [1.82, 2.24) is 0 Å². The number of furan rings is 1. The smallest absolute Gasteiger partial charge is 0.469 e. The van der Waals surface area contributed by atoms with Gasteiger partial charge in [0, 0.05) is 12.8 Å². The molecule has 0 saturated carbocycles. The molecule has 1 aromatic rings. The maximum atomic E-state index is 10.9. The van der Waals surface area contributed by atoms with Gasteiger partial charge in [-0.3, -0.25) is 0 Å². The van der Waals surface area contributed by atoms with Crippen LogP contribution in [0.5, 0.6) is 0 Å². The van der Waals surface area contributed by atoms with Crippen LogP contribution in [0.3, 0.4) is 0 Å². The zero-order valence-corrected chi connectivity index (χ0v) is 8.49. The molecule has 0 amide bonds. The minimum Gasteiger partial charge on any atom is -0.469 e. The summed E-state index contributed by atoms with van der Waals surface area (Å²) < 4.78 is 15.0. The van der Waals surface area contributed by atoms with Gasteiger partial charge in [-0.15, -0.1) is 0 Å². The number of hydrogen-bond acceptors (Lipinski definition) is 4. The van der Waals surface area contributed by atoms with Crippen molar-refractivity contribution in [3.8, 4) is 0 Å². The van der Waals surface area contributed by atoms with Gasteiger partial charge >= 0.3 is 6.16 Å². The Morgan fingerprint density at radius 1 is 1.53 bits per heavy atom. The number of hydrogen-bond donors (Lipinski definition) is 0. The minimum atomic E-state index is -0.732. The largest absolute Gasteiger partial charge is 0.514 e. The van der Waals surface area contributed by atoms with Gasteiger partial charge in [0.1, 0.15) is 11.5 Å². The van der Waals surface area contributed by atoms with Crippen molar-refractivity contribution in [3.63, 3.8) is 0 Å². The summed E-state index contributed by atoms with van der Waals surface area (Å²) in [5.74, 6) is 1.21. The Balaban J connectivity index is 1.99. The van der Waals surface area contributed by atoms with E-state index in [4.69, 9.17) is 13.9 Å². The molecule has 1 aromatic heterocycles. The van der Waals surface area contributed by atoms with Gasteiger partial charge in [-0.1, -0.05) is 6.58 Å². The van der Waals surface area contributed by atoms with Gasteiger partial charge in [-0.05, 0) is 19.1 Å². The number of carbonyl (C=O) groups is 1. The number of cyclic esters (lactones) is 2. The van der Waals surface area contributed by atoms with Crippen molar-refractivity contribution in [2.45, 2.75) is 25.4 Å². The fraction of sp³-hybridized carbons (Fsp3) is 0.364. The summed E-state index contributed by atoms with van der Waals surface area (Å²) >= 11 is 0. The van der Waals surface area contributed by atoms with Gasteiger partial charge < -0.3 is 13.9 Å². The first-order valence-corrected chi connectivity index (χ1v) is 4.73. The Kier molecular flexibility index (Phi) is 2.26. The molecule has 80 valence electrons. The fourth-order valence-corrected chi connectivity index (χ4v) is 1.48. The molecule has 2 heterocycles. The van der Waals surface area contributed by atoms with Gasteiger partial charge in [0.15, 0.2) is 5.60 Å². The molecule has 0 aromatic carbocycles. The van der Waals surface area contributed by atoms with E-state index in [2.05, 4.69) is 6.58 Å².